The van der Waals surface area contributed by atoms with E-state index in [2.05, 4.69) is 17.2 Å². The SMILES string of the molecule is C=NNCC(=O)O.CC. The van der Waals surface area contributed by atoms with Crippen molar-refractivity contribution in [3.8, 4) is 0 Å². The lowest BCUT2D eigenvalue weighted by molar-refractivity contribution is -0.135. The molecule has 0 fully saturated rings. The maximum absolute atomic E-state index is 9.61. The minimum absolute atomic E-state index is 0.163. The lowest BCUT2D eigenvalue weighted by atomic mass is 10.7. The quantitative estimate of drug-likeness (QED) is 0.429. The van der Waals surface area contributed by atoms with Crippen LogP contribution < -0.4 is 5.43 Å². The number of carbonyl (C=O) groups is 1. The summed E-state index contributed by atoms with van der Waals surface area (Å²) in [4.78, 5) is 9.61. The van der Waals surface area contributed by atoms with Crippen molar-refractivity contribution in [2.24, 2.45) is 5.10 Å². The molecule has 4 nitrogen and oxygen atoms in total. The van der Waals surface area contributed by atoms with Gasteiger partial charge in [-0.05, 0) is 0 Å². The van der Waals surface area contributed by atoms with Gasteiger partial charge in [0.15, 0.2) is 0 Å². The minimum Gasteiger partial charge on any atom is -0.480 e. The molecule has 0 aromatic carbocycles. The number of aliphatic carboxylic acids is 1. The monoisotopic (exact) mass is 132 g/mol. The number of carboxylic acids is 1. The van der Waals surface area contributed by atoms with Crippen LogP contribution in [0.2, 0.25) is 0 Å². The first-order valence-electron chi connectivity index (χ1n) is 2.67. The highest BCUT2D eigenvalue weighted by Crippen LogP contribution is 1.55. The van der Waals surface area contributed by atoms with E-state index in [4.69, 9.17) is 5.11 Å². The number of hydrazone groups is 1. The van der Waals surface area contributed by atoms with Gasteiger partial charge in [-0.3, -0.25) is 10.2 Å². The highest BCUT2D eigenvalue weighted by molar-refractivity contribution is 5.68. The Morgan fingerprint density at radius 3 is 2.33 bits per heavy atom. The smallest absolute Gasteiger partial charge is 0.324 e. The van der Waals surface area contributed by atoms with E-state index >= 15 is 0 Å². The van der Waals surface area contributed by atoms with Crippen LogP contribution in [0.25, 0.3) is 0 Å². The molecule has 0 aromatic heterocycles. The molecule has 0 unspecified atom stereocenters. The van der Waals surface area contributed by atoms with Gasteiger partial charge >= 0.3 is 5.97 Å². The largest absolute Gasteiger partial charge is 0.480 e. The molecule has 0 aliphatic carbocycles. The average molecular weight is 132 g/mol. The van der Waals surface area contributed by atoms with E-state index < -0.39 is 5.97 Å². The molecule has 0 aromatic rings. The second-order valence-corrected chi connectivity index (χ2v) is 0.887. The van der Waals surface area contributed by atoms with E-state index in [1.54, 1.807) is 0 Å². The number of hydrogen-bond acceptors (Lipinski definition) is 3. The van der Waals surface area contributed by atoms with Gasteiger partial charge in [0.05, 0.1) is 0 Å². The molecule has 0 atom stereocenters. The lowest BCUT2D eigenvalue weighted by Crippen LogP contribution is -2.16. The second kappa shape index (κ2) is 10.0. The fraction of sp³-hybridized carbons (Fsp3) is 0.600. The third kappa shape index (κ3) is 19.6. The summed E-state index contributed by atoms with van der Waals surface area (Å²) in [5.41, 5.74) is 2.16. The van der Waals surface area contributed by atoms with Crippen molar-refractivity contribution in [1.29, 1.82) is 0 Å². The number of nitrogens with zero attached hydrogens (tertiary/aromatic N) is 1. The molecule has 0 spiro atoms. The van der Waals surface area contributed by atoms with Crippen LogP contribution >= 0.6 is 0 Å². The fourth-order valence-corrected chi connectivity index (χ4v) is 0.124. The predicted molar refractivity (Wildman–Crippen MR) is 36.5 cm³/mol. The zero-order chi connectivity index (χ0) is 7.70. The Kier molecular flexibility index (Phi) is 12.1. The molecule has 0 rings (SSSR count). The van der Waals surface area contributed by atoms with Crippen molar-refractivity contribution in [2.75, 3.05) is 6.54 Å². The molecule has 4 heteroatoms. The van der Waals surface area contributed by atoms with E-state index in [-0.39, 0.29) is 6.54 Å². The Morgan fingerprint density at radius 2 is 2.22 bits per heavy atom. The van der Waals surface area contributed by atoms with Crippen molar-refractivity contribution >= 4 is 12.7 Å². The van der Waals surface area contributed by atoms with Crippen LogP contribution in [-0.4, -0.2) is 24.3 Å². The van der Waals surface area contributed by atoms with Crippen LogP contribution in [0, 0.1) is 0 Å². The Bertz CT molecular complexity index is 83.0. The van der Waals surface area contributed by atoms with Crippen molar-refractivity contribution in [3.05, 3.63) is 0 Å². The second-order valence-electron chi connectivity index (χ2n) is 0.887. The maximum Gasteiger partial charge on any atom is 0.324 e. The molecule has 54 valence electrons. The zero-order valence-corrected chi connectivity index (χ0v) is 5.72. The third-order valence-electron chi connectivity index (χ3n) is 0.342. The molecule has 0 aliphatic rings. The normalized spacial score (nSPS) is 6.44. The van der Waals surface area contributed by atoms with Crippen LogP contribution in [-0.2, 0) is 4.79 Å². The van der Waals surface area contributed by atoms with Gasteiger partial charge in [-0.15, -0.1) is 0 Å². The molecular formula is C5H12N2O2. The van der Waals surface area contributed by atoms with Gasteiger partial charge < -0.3 is 5.11 Å². The Hall–Kier alpha value is -1.06. The average Bonchev–Trinajstić information content (AvgIpc) is 1.88. The molecule has 0 saturated carbocycles. The van der Waals surface area contributed by atoms with Crippen molar-refractivity contribution < 1.29 is 9.90 Å². The van der Waals surface area contributed by atoms with Gasteiger partial charge in [-0.2, -0.15) is 5.10 Å². The molecule has 9 heavy (non-hydrogen) atoms. The molecular weight excluding hydrogens is 120 g/mol. The van der Waals surface area contributed by atoms with E-state index in [1.165, 1.54) is 0 Å². The topological polar surface area (TPSA) is 61.7 Å². The Morgan fingerprint density at radius 1 is 1.78 bits per heavy atom. The fourth-order valence-electron chi connectivity index (χ4n) is 0.124. The lowest BCUT2D eigenvalue weighted by Gasteiger charge is -1.87. The summed E-state index contributed by atoms with van der Waals surface area (Å²) in [5.74, 6) is -0.938. The molecule has 0 heterocycles. The van der Waals surface area contributed by atoms with Gasteiger partial charge in [0.25, 0.3) is 0 Å². The van der Waals surface area contributed by atoms with E-state index in [9.17, 15) is 4.79 Å². The summed E-state index contributed by atoms with van der Waals surface area (Å²) in [7, 11) is 0. The van der Waals surface area contributed by atoms with Crippen LogP contribution in [0.1, 0.15) is 13.8 Å². The molecule has 0 bridgehead atoms. The molecule has 0 aliphatic heterocycles. The summed E-state index contributed by atoms with van der Waals surface area (Å²) >= 11 is 0. The third-order valence-corrected chi connectivity index (χ3v) is 0.342. The van der Waals surface area contributed by atoms with Crippen molar-refractivity contribution in [2.45, 2.75) is 13.8 Å². The number of hydrogen-bond donors (Lipinski definition) is 2. The highest BCUT2D eigenvalue weighted by Gasteiger charge is 1.88. The van der Waals surface area contributed by atoms with Gasteiger partial charge in [0.2, 0.25) is 0 Å². The number of nitrogens with one attached hydrogen (secondary N) is 1. The van der Waals surface area contributed by atoms with Gasteiger partial charge in [0, 0.05) is 6.72 Å². The summed E-state index contributed by atoms with van der Waals surface area (Å²) in [6, 6.07) is 0. The van der Waals surface area contributed by atoms with Gasteiger partial charge in [-0.25, -0.2) is 0 Å². The standard InChI is InChI=1S/C3H6N2O2.C2H6/c1-4-5-2-3(6)7;1-2/h5H,1-2H2,(H,6,7);1-2H3. The van der Waals surface area contributed by atoms with E-state index in [0.717, 1.165) is 0 Å². The molecule has 0 saturated heterocycles. The molecule has 0 amide bonds. The summed E-state index contributed by atoms with van der Waals surface area (Å²) in [6.45, 7) is 6.84. The Labute approximate surface area is 54.6 Å². The van der Waals surface area contributed by atoms with Crippen LogP contribution in [0.4, 0.5) is 0 Å². The predicted octanol–water partition coefficient (Wildman–Crippen LogP) is 0.302. The van der Waals surface area contributed by atoms with Crippen LogP contribution in [0.15, 0.2) is 5.10 Å². The highest BCUT2D eigenvalue weighted by atomic mass is 16.4. The van der Waals surface area contributed by atoms with Gasteiger partial charge in [-0.1, -0.05) is 13.8 Å². The first-order chi connectivity index (χ1) is 4.27. The van der Waals surface area contributed by atoms with Gasteiger partial charge in [0.1, 0.15) is 6.54 Å². The Balaban J connectivity index is 0. The molecule has 0 radical (unpaired) electrons. The van der Waals surface area contributed by atoms with E-state index in [0.29, 0.717) is 0 Å². The minimum atomic E-state index is -0.938. The van der Waals surface area contributed by atoms with E-state index in [1.807, 2.05) is 13.8 Å². The molecule has 2 N–H and O–H groups in total. The summed E-state index contributed by atoms with van der Waals surface area (Å²) in [5, 5.41) is 11.0. The van der Waals surface area contributed by atoms with Crippen LogP contribution in [0.5, 0.6) is 0 Å². The maximum atomic E-state index is 9.61. The number of rotatable bonds is 3. The first kappa shape index (κ1) is 10.8. The summed E-state index contributed by atoms with van der Waals surface area (Å²) < 4.78 is 0. The first-order valence-corrected chi connectivity index (χ1v) is 2.67. The summed E-state index contributed by atoms with van der Waals surface area (Å²) in [6.07, 6.45) is 0. The zero-order valence-electron chi connectivity index (χ0n) is 5.72. The van der Waals surface area contributed by atoms with Crippen LogP contribution in [0.3, 0.4) is 0 Å². The number of carboxylic acid groups (broad SMARTS) is 1. The van der Waals surface area contributed by atoms with Crippen molar-refractivity contribution in [3.63, 3.8) is 0 Å². The van der Waals surface area contributed by atoms with Crippen molar-refractivity contribution in [1.82, 2.24) is 5.43 Å².